The van der Waals surface area contributed by atoms with Crippen LogP contribution in [0.15, 0.2) is 30.3 Å². The number of hydrogen-bond donors (Lipinski definition) is 0. The summed E-state index contributed by atoms with van der Waals surface area (Å²) >= 11 is 0. The lowest BCUT2D eigenvalue weighted by Gasteiger charge is -2.15. The van der Waals surface area contributed by atoms with Crippen LogP contribution in [-0.4, -0.2) is 36.9 Å². The molecule has 2 rings (SSSR count). The van der Waals surface area contributed by atoms with Crippen LogP contribution in [0.2, 0.25) is 0 Å². The second-order valence-electron chi connectivity index (χ2n) is 4.93. The van der Waals surface area contributed by atoms with Gasteiger partial charge in [-0.25, -0.2) is 0 Å². The van der Waals surface area contributed by atoms with Gasteiger partial charge in [-0.05, 0) is 18.5 Å². The molecule has 1 saturated heterocycles. The number of Topliss-reactive ketones (excluding diaryl/α,β-unsaturated/α-hetero) is 1. The maximum Gasteiger partial charge on any atom is 0.313 e. The minimum atomic E-state index is -0.438. The average molecular weight is 261 g/mol. The van der Waals surface area contributed by atoms with Crippen molar-refractivity contribution < 1.29 is 14.3 Å². The lowest BCUT2D eigenvalue weighted by atomic mass is 10.0. The van der Waals surface area contributed by atoms with Crippen LogP contribution in [0.1, 0.15) is 18.4 Å². The molecule has 4 nitrogen and oxygen atoms in total. The summed E-state index contributed by atoms with van der Waals surface area (Å²) in [7, 11) is 1.31. The van der Waals surface area contributed by atoms with Gasteiger partial charge in [0.05, 0.1) is 7.11 Å². The van der Waals surface area contributed by atoms with E-state index in [9.17, 15) is 9.59 Å². The molecular formula is C15H19NO3. The van der Waals surface area contributed by atoms with Crippen LogP contribution < -0.4 is 0 Å². The summed E-state index contributed by atoms with van der Waals surface area (Å²) in [5.41, 5.74) is 1.25. The van der Waals surface area contributed by atoms with Crippen molar-refractivity contribution in [2.24, 2.45) is 5.92 Å². The van der Waals surface area contributed by atoms with E-state index in [4.69, 9.17) is 0 Å². The average Bonchev–Trinajstić information content (AvgIpc) is 2.88. The zero-order chi connectivity index (χ0) is 13.7. The number of nitrogens with zero attached hydrogens (tertiary/aromatic N) is 1. The summed E-state index contributed by atoms with van der Waals surface area (Å²) in [5.74, 6) is -0.461. The Morgan fingerprint density at radius 1 is 1.32 bits per heavy atom. The largest absolute Gasteiger partial charge is 0.469 e. The predicted octanol–water partition coefficient (Wildman–Crippen LogP) is 1.64. The molecule has 0 radical (unpaired) electrons. The van der Waals surface area contributed by atoms with Crippen molar-refractivity contribution in [2.45, 2.75) is 19.4 Å². The molecule has 102 valence electrons. The second kappa shape index (κ2) is 6.48. The van der Waals surface area contributed by atoms with Gasteiger partial charge in [0.15, 0.2) is 0 Å². The highest BCUT2D eigenvalue weighted by Gasteiger charge is 2.29. The third kappa shape index (κ3) is 3.89. The van der Waals surface area contributed by atoms with Crippen LogP contribution in [0.25, 0.3) is 0 Å². The van der Waals surface area contributed by atoms with Gasteiger partial charge in [-0.3, -0.25) is 14.5 Å². The Bertz CT molecular complexity index is 444. The normalized spacial score (nSPS) is 19.3. The smallest absolute Gasteiger partial charge is 0.313 e. The van der Waals surface area contributed by atoms with Crippen LogP contribution in [0.3, 0.4) is 0 Å². The molecule has 0 aliphatic carbocycles. The van der Waals surface area contributed by atoms with Crippen LogP contribution in [-0.2, 0) is 20.9 Å². The molecule has 1 aliphatic heterocycles. The van der Waals surface area contributed by atoms with E-state index in [2.05, 4.69) is 21.8 Å². The molecule has 0 bridgehead atoms. The number of carbonyl (C=O) groups is 2. The van der Waals surface area contributed by atoms with Crippen molar-refractivity contribution in [3.8, 4) is 0 Å². The van der Waals surface area contributed by atoms with Crippen molar-refractivity contribution >= 4 is 11.8 Å². The molecule has 0 saturated carbocycles. The number of benzene rings is 1. The molecule has 1 aromatic rings. The van der Waals surface area contributed by atoms with E-state index in [1.54, 1.807) is 0 Å². The number of methoxy groups -OCH3 is 1. The zero-order valence-corrected chi connectivity index (χ0v) is 11.2. The topological polar surface area (TPSA) is 46.6 Å². The molecule has 1 aliphatic rings. The van der Waals surface area contributed by atoms with Gasteiger partial charge >= 0.3 is 5.97 Å². The summed E-state index contributed by atoms with van der Waals surface area (Å²) in [6.07, 6.45) is 0.739. The number of carbonyl (C=O) groups excluding carboxylic acids is 2. The lowest BCUT2D eigenvalue weighted by Crippen LogP contribution is -2.24. The second-order valence-corrected chi connectivity index (χ2v) is 4.93. The first-order valence-corrected chi connectivity index (χ1v) is 6.55. The monoisotopic (exact) mass is 261 g/mol. The van der Waals surface area contributed by atoms with Gasteiger partial charge in [0.1, 0.15) is 12.2 Å². The third-order valence-electron chi connectivity index (χ3n) is 3.52. The van der Waals surface area contributed by atoms with E-state index in [1.807, 2.05) is 18.2 Å². The number of hydrogen-bond acceptors (Lipinski definition) is 4. The minimum Gasteiger partial charge on any atom is -0.469 e. The van der Waals surface area contributed by atoms with Crippen molar-refractivity contribution in [2.75, 3.05) is 20.2 Å². The van der Waals surface area contributed by atoms with Crippen LogP contribution >= 0.6 is 0 Å². The Kier molecular flexibility index (Phi) is 4.68. The molecule has 0 N–H and O–H groups in total. The lowest BCUT2D eigenvalue weighted by molar-refractivity contribution is -0.144. The Morgan fingerprint density at radius 3 is 2.74 bits per heavy atom. The number of rotatable bonds is 5. The molecule has 1 aromatic carbocycles. The maximum atomic E-state index is 11.9. The SMILES string of the molecule is COC(=O)CC(=O)[C@H]1CCN(Cc2ccccc2)C1. The molecule has 0 spiro atoms. The van der Waals surface area contributed by atoms with Crippen molar-refractivity contribution in [3.05, 3.63) is 35.9 Å². The van der Waals surface area contributed by atoms with Gasteiger partial charge < -0.3 is 4.74 Å². The Balaban J connectivity index is 1.83. The van der Waals surface area contributed by atoms with E-state index in [-0.39, 0.29) is 18.1 Å². The summed E-state index contributed by atoms with van der Waals surface area (Å²) in [6, 6.07) is 10.2. The van der Waals surface area contributed by atoms with E-state index in [0.29, 0.717) is 0 Å². The number of ether oxygens (including phenoxy) is 1. The van der Waals surface area contributed by atoms with Gasteiger partial charge in [-0.2, -0.15) is 0 Å². The quantitative estimate of drug-likeness (QED) is 0.597. The summed E-state index contributed by atoms with van der Waals surface area (Å²) < 4.78 is 4.53. The third-order valence-corrected chi connectivity index (χ3v) is 3.52. The summed E-state index contributed by atoms with van der Waals surface area (Å²) in [4.78, 5) is 25.2. The van der Waals surface area contributed by atoms with Crippen molar-refractivity contribution in [3.63, 3.8) is 0 Å². The molecule has 0 aromatic heterocycles. The maximum absolute atomic E-state index is 11.9. The molecule has 1 fully saturated rings. The molecule has 0 unspecified atom stereocenters. The fourth-order valence-corrected chi connectivity index (χ4v) is 2.44. The fraction of sp³-hybridized carbons (Fsp3) is 0.467. The Morgan fingerprint density at radius 2 is 2.05 bits per heavy atom. The molecule has 0 amide bonds. The Labute approximate surface area is 113 Å². The molecule has 19 heavy (non-hydrogen) atoms. The van der Waals surface area contributed by atoms with Gasteiger partial charge in [0.2, 0.25) is 0 Å². The highest BCUT2D eigenvalue weighted by Crippen LogP contribution is 2.20. The van der Waals surface area contributed by atoms with Crippen LogP contribution in [0, 0.1) is 5.92 Å². The summed E-state index contributed by atoms with van der Waals surface area (Å²) in [6.45, 7) is 2.51. The van der Waals surface area contributed by atoms with E-state index in [1.165, 1.54) is 12.7 Å². The van der Waals surface area contributed by atoms with Crippen LogP contribution in [0.4, 0.5) is 0 Å². The van der Waals surface area contributed by atoms with Gasteiger partial charge in [-0.1, -0.05) is 30.3 Å². The van der Waals surface area contributed by atoms with Crippen molar-refractivity contribution in [1.82, 2.24) is 4.90 Å². The highest BCUT2D eigenvalue weighted by molar-refractivity contribution is 5.96. The van der Waals surface area contributed by atoms with Crippen molar-refractivity contribution in [1.29, 1.82) is 0 Å². The van der Waals surface area contributed by atoms with Gasteiger partial charge in [0.25, 0.3) is 0 Å². The first-order chi connectivity index (χ1) is 9.19. The van der Waals surface area contributed by atoms with E-state index in [0.717, 1.165) is 26.1 Å². The van der Waals surface area contributed by atoms with E-state index < -0.39 is 5.97 Å². The standard InChI is InChI=1S/C15H19NO3/c1-19-15(18)9-14(17)13-7-8-16(11-13)10-12-5-3-2-4-6-12/h2-6,13H,7-11H2,1H3/t13-/m0/s1. The Hall–Kier alpha value is -1.68. The number of likely N-dealkylation sites (tertiary alicyclic amines) is 1. The number of esters is 1. The first-order valence-electron chi connectivity index (χ1n) is 6.55. The molecule has 1 heterocycles. The van der Waals surface area contributed by atoms with Gasteiger partial charge in [0, 0.05) is 19.0 Å². The highest BCUT2D eigenvalue weighted by atomic mass is 16.5. The fourth-order valence-electron chi connectivity index (χ4n) is 2.44. The zero-order valence-electron chi connectivity index (χ0n) is 11.2. The minimum absolute atomic E-state index is 0.00223. The first kappa shape index (κ1) is 13.7. The van der Waals surface area contributed by atoms with Crippen LogP contribution in [0.5, 0.6) is 0 Å². The van der Waals surface area contributed by atoms with Gasteiger partial charge in [-0.15, -0.1) is 0 Å². The molecule has 4 heteroatoms. The predicted molar refractivity (Wildman–Crippen MR) is 71.5 cm³/mol. The summed E-state index contributed by atoms with van der Waals surface area (Å²) in [5, 5.41) is 0. The molecule has 1 atom stereocenters. The molecular weight excluding hydrogens is 242 g/mol. The number of ketones is 1. The van der Waals surface area contributed by atoms with E-state index >= 15 is 0 Å².